The first-order valence-corrected chi connectivity index (χ1v) is 12.3. The fraction of sp³-hybridized carbons (Fsp3) is 0.231. The SMILES string of the molecule is COc1ccc2c(c1)C(c1ccc(Cl)cc1)=N[C@@H](CC(=O)NCCNC(=O)n1ccnc1)c1nnc(C)n1-2. The zero-order valence-electron chi connectivity index (χ0n) is 20.8. The molecule has 0 spiro atoms. The molecule has 1 aliphatic heterocycles. The molecule has 3 heterocycles. The lowest BCUT2D eigenvalue weighted by Crippen LogP contribution is -2.36. The van der Waals surface area contributed by atoms with Crippen LogP contribution in [0.15, 0.2) is 66.2 Å². The van der Waals surface area contributed by atoms with E-state index in [1.54, 1.807) is 25.4 Å². The first-order valence-electron chi connectivity index (χ1n) is 11.9. The summed E-state index contributed by atoms with van der Waals surface area (Å²) in [5.74, 6) is 1.67. The number of methoxy groups -OCH3 is 1. The van der Waals surface area contributed by atoms with Crippen molar-refractivity contribution in [3.63, 3.8) is 0 Å². The van der Waals surface area contributed by atoms with Crippen molar-refractivity contribution in [1.29, 1.82) is 0 Å². The third-order valence-electron chi connectivity index (χ3n) is 6.09. The van der Waals surface area contributed by atoms with Gasteiger partial charge in [-0.05, 0) is 37.3 Å². The molecule has 2 aromatic heterocycles. The predicted molar refractivity (Wildman–Crippen MR) is 141 cm³/mol. The highest BCUT2D eigenvalue weighted by atomic mass is 35.5. The van der Waals surface area contributed by atoms with Gasteiger partial charge in [0.25, 0.3) is 0 Å². The van der Waals surface area contributed by atoms with E-state index in [0.29, 0.717) is 28.1 Å². The minimum Gasteiger partial charge on any atom is -0.497 e. The number of aromatic nitrogens is 5. The van der Waals surface area contributed by atoms with E-state index in [1.165, 1.54) is 17.1 Å². The van der Waals surface area contributed by atoms with Crippen molar-refractivity contribution >= 4 is 29.3 Å². The molecule has 194 valence electrons. The van der Waals surface area contributed by atoms with Crippen molar-refractivity contribution in [1.82, 2.24) is 34.9 Å². The lowest BCUT2D eigenvalue weighted by atomic mass is 10.00. The second-order valence-electron chi connectivity index (χ2n) is 8.58. The molecule has 1 aliphatic rings. The maximum absolute atomic E-state index is 13.0. The number of aliphatic imine (C=N–C) groups is 1. The smallest absolute Gasteiger partial charge is 0.326 e. The molecule has 0 bridgehead atoms. The zero-order valence-corrected chi connectivity index (χ0v) is 21.5. The molecule has 0 unspecified atom stereocenters. The van der Waals surface area contributed by atoms with Crippen LogP contribution in [0.5, 0.6) is 5.75 Å². The van der Waals surface area contributed by atoms with Crippen LogP contribution in [0.2, 0.25) is 5.02 Å². The molecule has 38 heavy (non-hydrogen) atoms. The average Bonchev–Trinajstić information content (AvgIpc) is 3.57. The van der Waals surface area contributed by atoms with E-state index in [-0.39, 0.29) is 31.4 Å². The molecule has 2 aromatic carbocycles. The van der Waals surface area contributed by atoms with Gasteiger partial charge in [0.05, 0.1) is 24.9 Å². The van der Waals surface area contributed by atoms with Crippen LogP contribution in [0.25, 0.3) is 5.69 Å². The van der Waals surface area contributed by atoms with Crippen LogP contribution in [0.1, 0.15) is 35.2 Å². The highest BCUT2D eigenvalue weighted by Gasteiger charge is 2.30. The number of rotatable bonds is 7. The van der Waals surface area contributed by atoms with E-state index in [4.69, 9.17) is 21.3 Å². The Labute approximate surface area is 223 Å². The number of carbonyl (C=O) groups excluding carboxylic acids is 2. The zero-order chi connectivity index (χ0) is 26.6. The molecule has 5 rings (SSSR count). The second-order valence-corrected chi connectivity index (χ2v) is 9.02. The van der Waals surface area contributed by atoms with Crippen LogP contribution in [-0.4, -0.2) is 62.2 Å². The first-order chi connectivity index (χ1) is 18.4. The summed E-state index contributed by atoms with van der Waals surface area (Å²) >= 11 is 6.15. The molecule has 0 aliphatic carbocycles. The predicted octanol–water partition coefficient (Wildman–Crippen LogP) is 3.09. The number of carbonyl (C=O) groups is 2. The Kier molecular flexibility index (Phi) is 7.18. The minimum atomic E-state index is -0.610. The van der Waals surface area contributed by atoms with Crippen LogP contribution < -0.4 is 15.4 Å². The lowest BCUT2D eigenvalue weighted by molar-refractivity contribution is -0.121. The van der Waals surface area contributed by atoms with Gasteiger partial charge < -0.3 is 15.4 Å². The number of imidazole rings is 1. The number of nitrogens with one attached hydrogen (secondary N) is 2. The Hall–Kier alpha value is -4.51. The van der Waals surface area contributed by atoms with E-state index in [1.807, 2.05) is 41.8 Å². The molecular weight excluding hydrogens is 508 g/mol. The van der Waals surface area contributed by atoms with Gasteiger partial charge in [0.1, 0.15) is 23.9 Å². The fourth-order valence-corrected chi connectivity index (χ4v) is 4.39. The molecule has 0 radical (unpaired) electrons. The van der Waals surface area contributed by atoms with Crippen LogP contribution >= 0.6 is 11.6 Å². The average molecular weight is 533 g/mol. The summed E-state index contributed by atoms with van der Waals surface area (Å²) in [6, 6.07) is 12.2. The summed E-state index contributed by atoms with van der Waals surface area (Å²) < 4.78 is 8.74. The van der Waals surface area contributed by atoms with Gasteiger partial charge in [-0.2, -0.15) is 0 Å². The number of hydrogen-bond donors (Lipinski definition) is 2. The number of benzene rings is 2. The lowest BCUT2D eigenvalue weighted by Gasteiger charge is -2.14. The Balaban J connectivity index is 1.42. The van der Waals surface area contributed by atoms with Crippen molar-refractivity contribution in [3.8, 4) is 11.4 Å². The molecule has 2 amide bonds. The summed E-state index contributed by atoms with van der Waals surface area (Å²) in [4.78, 5) is 33.9. The molecule has 0 saturated heterocycles. The summed E-state index contributed by atoms with van der Waals surface area (Å²) in [6.07, 6.45) is 4.50. The summed E-state index contributed by atoms with van der Waals surface area (Å²) in [7, 11) is 1.61. The van der Waals surface area contributed by atoms with E-state index in [0.717, 1.165) is 16.8 Å². The Morgan fingerprint density at radius 2 is 1.87 bits per heavy atom. The van der Waals surface area contributed by atoms with Crippen molar-refractivity contribution in [2.45, 2.75) is 19.4 Å². The van der Waals surface area contributed by atoms with Gasteiger partial charge in [-0.15, -0.1) is 10.2 Å². The van der Waals surface area contributed by atoms with Gasteiger partial charge in [0, 0.05) is 41.6 Å². The van der Waals surface area contributed by atoms with Crippen molar-refractivity contribution < 1.29 is 14.3 Å². The monoisotopic (exact) mass is 532 g/mol. The van der Waals surface area contributed by atoms with Crippen LogP contribution in [0.4, 0.5) is 4.79 Å². The molecule has 0 fully saturated rings. The molecule has 11 nitrogen and oxygen atoms in total. The van der Waals surface area contributed by atoms with Crippen LogP contribution in [-0.2, 0) is 4.79 Å². The fourth-order valence-electron chi connectivity index (χ4n) is 4.27. The van der Waals surface area contributed by atoms with Gasteiger partial charge >= 0.3 is 6.03 Å². The minimum absolute atomic E-state index is 0.0375. The van der Waals surface area contributed by atoms with Gasteiger partial charge in [0.2, 0.25) is 5.91 Å². The standard InChI is InChI=1S/C26H25ClN8O3/c1-16-32-33-25-21(14-23(36)29-9-10-30-26(37)34-12-11-28-15-34)31-24(17-3-5-18(27)6-4-17)20-13-19(38-2)7-8-22(20)35(16)25/h3-8,11-13,15,21H,9-10,14H2,1-2H3,(H,29,36)(H,30,37)/t21-/m0/s1. The summed E-state index contributed by atoms with van der Waals surface area (Å²) in [6.45, 7) is 2.37. The van der Waals surface area contributed by atoms with Crippen molar-refractivity contribution in [3.05, 3.63) is 89.0 Å². The maximum atomic E-state index is 13.0. The highest BCUT2D eigenvalue weighted by molar-refractivity contribution is 6.30. The largest absolute Gasteiger partial charge is 0.497 e. The molecule has 12 heteroatoms. The first kappa shape index (κ1) is 25.2. The molecular formula is C26H25ClN8O3. The third kappa shape index (κ3) is 5.14. The van der Waals surface area contributed by atoms with E-state index in [2.05, 4.69) is 25.8 Å². The van der Waals surface area contributed by atoms with Gasteiger partial charge in [0.15, 0.2) is 5.82 Å². The van der Waals surface area contributed by atoms with Crippen LogP contribution in [0, 0.1) is 6.92 Å². The van der Waals surface area contributed by atoms with E-state index in [9.17, 15) is 9.59 Å². The normalized spacial score (nSPS) is 14.1. The Morgan fingerprint density at radius 1 is 1.08 bits per heavy atom. The van der Waals surface area contributed by atoms with Gasteiger partial charge in [-0.1, -0.05) is 23.7 Å². The number of halogens is 1. The number of nitrogens with zero attached hydrogens (tertiary/aromatic N) is 6. The van der Waals surface area contributed by atoms with Crippen molar-refractivity contribution in [2.24, 2.45) is 4.99 Å². The van der Waals surface area contributed by atoms with Gasteiger partial charge in [-0.25, -0.2) is 9.78 Å². The number of amides is 2. The summed E-state index contributed by atoms with van der Waals surface area (Å²) in [5, 5.41) is 14.8. The molecule has 4 aromatic rings. The van der Waals surface area contributed by atoms with Crippen LogP contribution in [0.3, 0.4) is 0 Å². The second kappa shape index (κ2) is 10.9. The number of ether oxygens (including phenoxy) is 1. The Bertz CT molecular complexity index is 1500. The molecule has 1 atom stereocenters. The molecule has 0 saturated carbocycles. The van der Waals surface area contributed by atoms with E-state index < -0.39 is 6.04 Å². The van der Waals surface area contributed by atoms with Crippen molar-refractivity contribution in [2.75, 3.05) is 20.2 Å². The number of hydrogen-bond acceptors (Lipinski definition) is 7. The number of aryl methyl sites for hydroxylation is 1. The van der Waals surface area contributed by atoms with E-state index >= 15 is 0 Å². The highest BCUT2D eigenvalue weighted by Crippen LogP contribution is 2.34. The summed E-state index contributed by atoms with van der Waals surface area (Å²) in [5.41, 5.74) is 3.18. The maximum Gasteiger partial charge on any atom is 0.326 e. The molecule has 2 N–H and O–H groups in total. The Morgan fingerprint density at radius 3 is 2.61 bits per heavy atom. The number of fused-ring (bicyclic) bond motifs is 3. The topological polar surface area (TPSA) is 128 Å². The third-order valence-corrected chi connectivity index (χ3v) is 6.34. The van der Waals surface area contributed by atoms with Gasteiger partial charge in [-0.3, -0.25) is 18.9 Å². The quantitative estimate of drug-likeness (QED) is 0.352.